The Kier molecular flexibility index (Phi) is 5.32. The average molecular weight is 454 g/mol. The molecule has 0 aliphatic heterocycles. The summed E-state index contributed by atoms with van der Waals surface area (Å²) >= 11 is 0. The van der Waals surface area contributed by atoms with Gasteiger partial charge in [0.05, 0.1) is 0 Å². The highest BCUT2D eigenvalue weighted by Gasteiger charge is 2.62. The molecule has 7 rings (SSSR count). The number of anilines is 3. The molecule has 4 heteroatoms. The van der Waals surface area contributed by atoms with Crippen LogP contribution in [0.2, 0.25) is 0 Å². The van der Waals surface area contributed by atoms with Crippen molar-refractivity contribution >= 4 is 23.0 Å². The zero-order valence-electron chi connectivity index (χ0n) is 19.6. The minimum atomic E-state index is -0.298. The van der Waals surface area contributed by atoms with Crippen molar-refractivity contribution in [1.29, 1.82) is 0 Å². The van der Waals surface area contributed by atoms with E-state index in [0.717, 1.165) is 28.9 Å². The molecule has 0 spiro atoms. The van der Waals surface area contributed by atoms with Gasteiger partial charge in [-0.15, -0.1) is 0 Å². The number of hydrogen-bond donors (Lipinski definition) is 0. The maximum atomic E-state index is 12.7. The van der Waals surface area contributed by atoms with Crippen molar-refractivity contribution in [3.8, 4) is 5.75 Å². The Morgan fingerprint density at radius 2 is 1.44 bits per heavy atom. The van der Waals surface area contributed by atoms with Gasteiger partial charge in [-0.2, -0.15) is 0 Å². The van der Waals surface area contributed by atoms with Gasteiger partial charge in [0, 0.05) is 23.0 Å². The minimum Gasteiger partial charge on any atom is -0.482 e. The normalized spacial score (nSPS) is 28.6. The Bertz CT molecular complexity index is 1100. The van der Waals surface area contributed by atoms with E-state index in [4.69, 9.17) is 9.47 Å². The Balaban J connectivity index is 1.13. The first-order valence-electron chi connectivity index (χ1n) is 12.4. The molecule has 4 nitrogen and oxygen atoms in total. The van der Waals surface area contributed by atoms with Crippen LogP contribution in [0.4, 0.5) is 17.1 Å². The number of esters is 1. The number of carbonyl (C=O) groups is 1. The molecular formula is C30H31NO3. The number of hydrogen-bond acceptors (Lipinski definition) is 4. The molecule has 0 heterocycles. The molecule has 4 saturated carbocycles. The van der Waals surface area contributed by atoms with E-state index in [1.807, 2.05) is 60.7 Å². The zero-order valence-corrected chi connectivity index (χ0v) is 19.6. The van der Waals surface area contributed by atoms with Gasteiger partial charge in [0.2, 0.25) is 0 Å². The standard InChI is InChI=1S/C30H31NO3/c1-30(23-17-21-16-22(19-23)28(30)18-21)34-29(32)20-33-27-14-12-26(13-15-27)31(24-8-4-2-5-9-24)25-10-6-3-7-11-25/h2-15,21-23,28H,16-20H2,1H3. The Morgan fingerprint density at radius 3 is 2.06 bits per heavy atom. The van der Waals surface area contributed by atoms with E-state index >= 15 is 0 Å². The molecule has 34 heavy (non-hydrogen) atoms. The second kappa shape index (κ2) is 8.50. The molecule has 0 amide bonds. The number of nitrogens with zero attached hydrogens (tertiary/aromatic N) is 1. The van der Waals surface area contributed by atoms with Gasteiger partial charge in [-0.1, -0.05) is 36.4 Å². The lowest BCUT2D eigenvalue weighted by molar-refractivity contribution is -0.173. The predicted octanol–water partition coefficient (Wildman–Crippen LogP) is 6.90. The molecule has 4 aliphatic carbocycles. The topological polar surface area (TPSA) is 38.8 Å². The van der Waals surface area contributed by atoms with Crippen molar-refractivity contribution < 1.29 is 14.3 Å². The molecule has 4 bridgehead atoms. The van der Waals surface area contributed by atoms with E-state index in [1.165, 1.54) is 25.7 Å². The maximum Gasteiger partial charge on any atom is 0.344 e. The van der Waals surface area contributed by atoms with E-state index in [2.05, 4.69) is 36.1 Å². The van der Waals surface area contributed by atoms with E-state index < -0.39 is 0 Å². The van der Waals surface area contributed by atoms with Gasteiger partial charge < -0.3 is 14.4 Å². The van der Waals surface area contributed by atoms with Crippen LogP contribution in [0.25, 0.3) is 0 Å². The van der Waals surface area contributed by atoms with E-state index in [-0.39, 0.29) is 18.2 Å². The molecule has 4 aliphatic rings. The maximum absolute atomic E-state index is 12.7. The summed E-state index contributed by atoms with van der Waals surface area (Å²) in [5.41, 5.74) is 2.89. The van der Waals surface area contributed by atoms with Gasteiger partial charge in [-0.3, -0.25) is 0 Å². The highest BCUT2D eigenvalue weighted by atomic mass is 16.6. The lowest BCUT2D eigenvalue weighted by Gasteiger charge is -2.41. The Morgan fingerprint density at radius 1 is 0.824 bits per heavy atom. The molecule has 0 saturated heterocycles. The van der Waals surface area contributed by atoms with Crippen LogP contribution in [-0.2, 0) is 9.53 Å². The average Bonchev–Trinajstić information content (AvgIpc) is 3.26. The third-order valence-corrected chi connectivity index (χ3v) is 8.36. The lowest BCUT2D eigenvalue weighted by atomic mass is 9.73. The van der Waals surface area contributed by atoms with E-state index in [9.17, 15) is 4.79 Å². The molecule has 3 aromatic rings. The molecule has 0 aromatic heterocycles. The van der Waals surface area contributed by atoms with Crippen LogP contribution in [-0.4, -0.2) is 18.2 Å². The highest BCUT2D eigenvalue weighted by Crippen LogP contribution is 2.63. The first-order valence-corrected chi connectivity index (χ1v) is 12.4. The molecule has 4 fully saturated rings. The van der Waals surface area contributed by atoms with E-state index in [0.29, 0.717) is 17.6 Å². The summed E-state index contributed by atoms with van der Waals surface area (Å²) in [5, 5.41) is 0. The van der Waals surface area contributed by atoms with Crippen LogP contribution in [0, 0.1) is 23.7 Å². The van der Waals surface area contributed by atoms with Crippen LogP contribution in [0.15, 0.2) is 84.9 Å². The van der Waals surface area contributed by atoms with E-state index in [1.54, 1.807) is 0 Å². The van der Waals surface area contributed by atoms with Gasteiger partial charge in [-0.05, 0) is 98.9 Å². The quantitative estimate of drug-likeness (QED) is 0.365. The molecule has 5 unspecified atom stereocenters. The molecular weight excluding hydrogens is 422 g/mol. The number of benzene rings is 3. The fraction of sp³-hybridized carbons (Fsp3) is 0.367. The summed E-state index contributed by atoms with van der Waals surface area (Å²) in [4.78, 5) is 14.9. The first-order chi connectivity index (χ1) is 16.6. The predicted molar refractivity (Wildman–Crippen MR) is 134 cm³/mol. The van der Waals surface area contributed by atoms with Crippen molar-refractivity contribution in [3.63, 3.8) is 0 Å². The van der Waals surface area contributed by atoms with Crippen molar-refractivity contribution in [1.82, 2.24) is 0 Å². The lowest BCUT2D eigenvalue weighted by Crippen LogP contribution is -2.45. The third kappa shape index (κ3) is 3.75. The van der Waals surface area contributed by atoms with Crippen molar-refractivity contribution in [2.45, 2.75) is 38.2 Å². The van der Waals surface area contributed by atoms with Gasteiger partial charge in [0.1, 0.15) is 11.4 Å². The summed E-state index contributed by atoms with van der Waals surface area (Å²) < 4.78 is 11.9. The SMILES string of the molecule is CC1(OC(=O)COc2ccc(N(c3ccccc3)c3ccccc3)cc2)C2CC3CC(C2)C1C3. The number of rotatable bonds is 7. The van der Waals surface area contributed by atoms with Crippen molar-refractivity contribution in [2.75, 3.05) is 11.5 Å². The first kappa shape index (κ1) is 21.3. The molecule has 174 valence electrons. The van der Waals surface area contributed by atoms with Gasteiger partial charge in [-0.25, -0.2) is 4.79 Å². The van der Waals surface area contributed by atoms with Crippen LogP contribution in [0.3, 0.4) is 0 Å². The van der Waals surface area contributed by atoms with Crippen LogP contribution < -0.4 is 9.64 Å². The summed E-state index contributed by atoms with van der Waals surface area (Å²) in [6, 6.07) is 28.5. The number of para-hydroxylation sites is 2. The Labute approximate surface area is 201 Å². The molecule has 0 radical (unpaired) electrons. The fourth-order valence-electron chi connectivity index (χ4n) is 6.90. The van der Waals surface area contributed by atoms with Crippen LogP contribution in [0.5, 0.6) is 5.75 Å². The zero-order chi connectivity index (χ0) is 23.1. The monoisotopic (exact) mass is 453 g/mol. The molecule has 3 aromatic carbocycles. The number of ether oxygens (including phenoxy) is 2. The second-order valence-corrected chi connectivity index (χ2v) is 10.3. The van der Waals surface area contributed by atoms with Crippen LogP contribution in [0.1, 0.15) is 32.6 Å². The van der Waals surface area contributed by atoms with Crippen molar-refractivity contribution in [2.24, 2.45) is 23.7 Å². The summed E-state index contributed by atoms with van der Waals surface area (Å²) in [6.07, 6.45) is 5.01. The van der Waals surface area contributed by atoms with Gasteiger partial charge >= 0.3 is 5.97 Å². The highest BCUT2D eigenvalue weighted by molar-refractivity contribution is 5.76. The summed E-state index contributed by atoms with van der Waals surface area (Å²) in [6.45, 7) is 2.11. The minimum absolute atomic E-state index is 0.0520. The van der Waals surface area contributed by atoms with Gasteiger partial charge in [0.15, 0.2) is 6.61 Å². The summed E-state index contributed by atoms with van der Waals surface area (Å²) in [7, 11) is 0. The van der Waals surface area contributed by atoms with Crippen LogP contribution >= 0.6 is 0 Å². The fourth-order valence-corrected chi connectivity index (χ4v) is 6.90. The largest absolute Gasteiger partial charge is 0.482 e. The van der Waals surface area contributed by atoms with Crippen molar-refractivity contribution in [3.05, 3.63) is 84.9 Å². The Hall–Kier alpha value is -3.27. The molecule has 5 atom stereocenters. The smallest absolute Gasteiger partial charge is 0.344 e. The third-order valence-electron chi connectivity index (χ3n) is 8.36. The molecule has 0 N–H and O–H groups in total. The number of carbonyl (C=O) groups excluding carboxylic acids is 1. The second-order valence-electron chi connectivity index (χ2n) is 10.3. The van der Waals surface area contributed by atoms with Gasteiger partial charge in [0.25, 0.3) is 0 Å². The summed E-state index contributed by atoms with van der Waals surface area (Å²) in [5.74, 6) is 3.11.